The summed E-state index contributed by atoms with van der Waals surface area (Å²) in [7, 11) is 0. The van der Waals surface area contributed by atoms with Crippen molar-refractivity contribution in [3.8, 4) is 0 Å². The number of benzene rings is 2. The Morgan fingerprint density at radius 2 is 1.77 bits per heavy atom. The molecule has 0 aliphatic rings. The zero-order valence-electron chi connectivity index (χ0n) is 20.0. The Kier molecular flexibility index (Phi) is 10.5. The SMILES string of the molecule is CC(C)C[C@@H](CO)NCCC(=O)C(C)(CCSc1ccc2ccccc2c1)CC(C)C. The van der Waals surface area contributed by atoms with E-state index in [0.29, 0.717) is 30.6 Å². The van der Waals surface area contributed by atoms with Crippen LogP contribution in [0.25, 0.3) is 10.8 Å². The number of carbonyl (C=O) groups excluding carboxylic acids is 1. The van der Waals surface area contributed by atoms with Gasteiger partial charge in [0, 0.05) is 29.3 Å². The lowest BCUT2D eigenvalue weighted by Crippen LogP contribution is -2.38. The second kappa shape index (κ2) is 12.6. The number of nitrogens with one attached hydrogen (secondary N) is 1. The van der Waals surface area contributed by atoms with E-state index in [-0.39, 0.29) is 18.1 Å². The lowest BCUT2D eigenvalue weighted by Gasteiger charge is -2.30. The number of fused-ring (bicyclic) bond motifs is 1. The van der Waals surface area contributed by atoms with Crippen molar-refractivity contribution in [2.24, 2.45) is 17.3 Å². The molecule has 3 nitrogen and oxygen atoms in total. The first-order chi connectivity index (χ1) is 14.7. The van der Waals surface area contributed by atoms with Gasteiger partial charge in [-0.2, -0.15) is 0 Å². The highest BCUT2D eigenvalue weighted by Gasteiger charge is 2.32. The number of Topliss-reactive ketones (excluding diaryl/α,β-unsaturated/α-hetero) is 1. The van der Waals surface area contributed by atoms with Crippen molar-refractivity contribution in [3.05, 3.63) is 42.5 Å². The molecular formula is C27H41NO2S. The summed E-state index contributed by atoms with van der Waals surface area (Å²) >= 11 is 1.84. The summed E-state index contributed by atoms with van der Waals surface area (Å²) in [6, 6.07) is 15.1. The van der Waals surface area contributed by atoms with E-state index < -0.39 is 0 Å². The molecule has 2 aromatic carbocycles. The quantitative estimate of drug-likeness (QED) is 0.335. The molecule has 0 spiro atoms. The predicted octanol–water partition coefficient (Wildman–Crippen LogP) is 6.33. The Hall–Kier alpha value is -1.36. The molecule has 0 bridgehead atoms. The van der Waals surface area contributed by atoms with Gasteiger partial charge in [-0.1, -0.05) is 65.0 Å². The van der Waals surface area contributed by atoms with Gasteiger partial charge in [0.05, 0.1) is 6.61 Å². The highest BCUT2D eigenvalue weighted by Crippen LogP contribution is 2.35. The Bertz CT molecular complexity index is 820. The molecule has 0 heterocycles. The number of ketones is 1. The van der Waals surface area contributed by atoms with Crippen LogP contribution in [0.15, 0.2) is 47.4 Å². The maximum absolute atomic E-state index is 13.2. The van der Waals surface area contributed by atoms with Crippen LogP contribution in [0.3, 0.4) is 0 Å². The second-order valence-corrected chi connectivity index (χ2v) is 11.1. The van der Waals surface area contributed by atoms with Crippen molar-refractivity contribution < 1.29 is 9.90 Å². The Morgan fingerprint density at radius 3 is 2.42 bits per heavy atom. The van der Waals surface area contributed by atoms with Crippen LogP contribution in [0.1, 0.15) is 60.3 Å². The fraction of sp³-hybridized carbons (Fsp3) is 0.593. The summed E-state index contributed by atoms with van der Waals surface area (Å²) in [5, 5.41) is 15.5. The summed E-state index contributed by atoms with van der Waals surface area (Å²) in [6.45, 7) is 11.6. The van der Waals surface area contributed by atoms with Gasteiger partial charge in [-0.3, -0.25) is 4.79 Å². The third-order valence-corrected chi connectivity index (χ3v) is 6.93. The van der Waals surface area contributed by atoms with E-state index in [2.05, 4.69) is 82.4 Å². The highest BCUT2D eigenvalue weighted by atomic mass is 32.2. The van der Waals surface area contributed by atoms with Gasteiger partial charge in [-0.05, 0) is 59.8 Å². The van der Waals surface area contributed by atoms with Gasteiger partial charge in [0.25, 0.3) is 0 Å². The van der Waals surface area contributed by atoms with Gasteiger partial charge >= 0.3 is 0 Å². The van der Waals surface area contributed by atoms with Crippen molar-refractivity contribution in [3.63, 3.8) is 0 Å². The normalized spacial score (nSPS) is 14.8. The van der Waals surface area contributed by atoms with Crippen molar-refractivity contribution in [2.75, 3.05) is 18.9 Å². The molecule has 0 saturated heterocycles. The molecule has 2 rings (SSSR count). The van der Waals surface area contributed by atoms with Gasteiger partial charge in [-0.25, -0.2) is 0 Å². The zero-order chi connectivity index (χ0) is 22.9. The molecule has 172 valence electrons. The first-order valence-electron chi connectivity index (χ1n) is 11.7. The molecule has 0 fully saturated rings. The van der Waals surface area contributed by atoms with Crippen LogP contribution in [0, 0.1) is 17.3 Å². The van der Waals surface area contributed by atoms with Gasteiger partial charge in [-0.15, -0.1) is 11.8 Å². The summed E-state index contributed by atoms with van der Waals surface area (Å²) in [6.07, 6.45) is 3.26. The average Bonchev–Trinajstić information content (AvgIpc) is 2.72. The molecule has 0 aliphatic carbocycles. The molecule has 0 saturated carbocycles. The smallest absolute Gasteiger partial charge is 0.140 e. The standard InChI is InChI=1S/C27H41NO2S/c1-20(2)16-24(19-29)28-14-12-26(30)27(5,18-21(3)4)13-15-31-25-11-10-22-8-6-7-9-23(22)17-25/h6-11,17,20-21,24,28-29H,12-16,18-19H2,1-5H3/t24-,27?/m0/s1. The zero-order valence-corrected chi connectivity index (χ0v) is 20.8. The monoisotopic (exact) mass is 443 g/mol. The molecule has 0 radical (unpaired) electrons. The van der Waals surface area contributed by atoms with Crippen LogP contribution in [0.5, 0.6) is 0 Å². The van der Waals surface area contributed by atoms with Gasteiger partial charge in [0.1, 0.15) is 5.78 Å². The second-order valence-electron chi connectivity index (χ2n) is 9.90. The molecule has 0 amide bonds. The van der Waals surface area contributed by atoms with Crippen molar-refractivity contribution in [1.29, 1.82) is 0 Å². The number of hydrogen-bond donors (Lipinski definition) is 2. The van der Waals surface area contributed by atoms with Crippen LogP contribution >= 0.6 is 11.8 Å². The molecular weight excluding hydrogens is 402 g/mol. The molecule has 1 unspecified atom stereocenters. The van der Waals surface area contributed by atoms with E-state index in [1.807, 2.05) is 11.8 Å². The molecule has 2 aromatic rings. The number of aliphatic hydroxyl groups is 1. The minimum absolute atomic E-state index is 0.0765. The fourth-order valence-electron chi connectivity index (χ4n) is 4.39. The minimum Gasteiger partial charge on any atom is -0.395 e. The van der Waals surface area contributed by atoms with E-state index in [9.17, 15) is 9.90 Å². The highest BCUT2D eigenvalue weighted by molar-refractivity contribution is 7.99. The number of aliphatic hydroxyl groups excluding tert-OH is 1. The Labute approximate surface area is 193 Å². The summed E-state index contributed by atoms with van der Waals surface area (Å²) < 4.78 is 0. The van der Waals surface area contributed by atoms with Gasteiger partial charge in [0.2, 0.25) is 0 Å². The maximum Gasteiger partial charge on any atom is 0.140 e. The first kappa shape index (κ1) is 25.9. The number of thioether (sulfide) groups is 1. The molecule has 0 aromatic heterocycles. The van der Waals surface area contributed by atoms with Crippen molar-refractivity contribution in [1.82, 2.24) is 5.32 Å². The lowest BCUT2D eigenvalue weighted by molar-refractivity contribution is -0.128. The van der Waals surface area contributed by atoms with Crippen molar-refractivity contribution in [2.45, 2.75) is 71.2 Å². The molecule has 0 aliphatic heterocycles. The molecule has 2 atom stereocenters. The van der Waals surface area contributed by atoms with Crippen LogP contribution in [-0.2, 0) is 4.79 Å². The molecule has 31 heavy (non-hydrogen) atoms. The van der Waals surface area contributed by atoms with Crippen molar-refractivity contribution >= 4 is 28.3 Å². The minimum atomic E-state index is -0.299. The third kappa shape index (κ3) is 8.59. The maximum atomic E-state index is 13.2. The van der Waals surface area contributed by atoms with E-state index in [1.165, 1.54) is 15.7 Å². The topological polar surface area (TPSA) is 49.3 Å². The van der Waals surface area contributed by atoms with E-state index in [1.54, 1.807) is 0 Å². The van der Waals surface area contributed by atoms with Crippen LogP contribution in [0.2, 0.25) is 0 Å². The largest absolute Gasteiger partial charge is 0.395 e. The average molecular weight is 444 g/mol. The van der Waals surface area contributed by atoms with E-state index >= 15 is 0 Å². The van der Waals surface area contributed by atoms with E-state index in [4.69, 9.17) is 0 Å². The van der Waals surface area contributed by atoms with Gasteiger partial charge in [0.15, 0.2) is 0 Å². The Morgan fingerprint density at radius 1 is 1.06 bits per heavy atom. The number of rotatable bonds is 14. The summed E-state index contributed by atoms with van der Waals surface area (Å²) in [4.78, 5) is 14.5. The summed E-state index contributed by atoms with van der Waals surface area (Å²) in [5.41, 5.74) is -0.299. The first-order valence-corrected chi connectivity index (χ1v) is 12.7. The number of hydrogen-bond acceptors (Lipinski definition) is 4. The molecule has 2 N–H and O–H groups in total. The third-order valence-electron chi connectivity index (χ3n) is 5.94. The molecule has 4 heteroatoms. The summed E-state index contributed by atoms with van der Waals surface area (Å²) in [5.74, 6) is 2.29. The van der Waals surface area contributed by atoms with Gasteiger partial charge < -0.3 is 10.4 Å². The van der Waals surface area contributed by atoms with E-state index in [0.717, 1.165) is 25.0 Å². The fourth-order valence-corrected chi connectivity index (χ4v) is 5.55. The predicted molar refractivity (Wildman–Crippen MR) is 135 cm³/mol. The van der Waals surface area contributed by atoms with Crippen LogP contribution in [-0.4, -0.2) is 35.8 Å². The van der Waals surface area contributed by atoms with Crippen LogP contribution < -0.4 is 5.32 Å². The Balaban J connectivity index is 1.92. The van der Waals surface area contributed by atoms with Crippen LogP contribution in [0.4, 0.5) is 0 Å². The lowest BCUT2D eigenvalue weighted by atomic mass is 9.75. The number of carbonyl (C=O) groups is 1.